The van der Waals surface area contributed by atoms with E-state index < -0.39 is 0 Å². The molecule has 0 N–H and O–H groups in total. The van der Waals surface area contributed by atoms with Crippen molar-refractivity contribution in [1.29, 1.82) is 0 Å². The molecule has 1 aliphatic heterocycles. The number of nitrogens with zero attached hydrogens (tertiary/aromatic N) is 2. The van der Waals surface area contributed by atoms with Crippen LogP contribution in [0, 0.1) is 0 Å². The first kappa shape index (κ1) is 11.5. The van der Waals surface area contributed by atoms with Crippen LogP contribution in [0.15, 0.2) is 0 Å². The van der Waals surface area contributed by atoms with Crippen LogP contribution in [0.2, 0.25) is 0 Å². The summed E-state index contributed by atoms with van der Waals surface area (Å²) in [6.07, 6.45) is 0.609. The molecule has 0 bridgehead atoms. The zero-order valence-corrected chi connectivity index (χ0v) is 10.0. The molecule has 0 aromatic carbocycles. The number of piperazine rings is 1. The van der Waals surface area contributed by atoms with Crippen LogP contribution < -0.4 is 0 Å². The highest BCUT2D eigenvalue weighted by Crippen LogP contribution is 2.24. The molecule has 1 aliphatic rings. The Bertz CT molecular complexity index is 225. The lowest BCUT2D eigenvalue weighted by Crippen LogP contribution is -2.63. The Morgan fingerprint density at radius 2 is 2.07 bits per heavy atom. The van der Waals surface area contributed by atoms with Gasteiger partial charge in [0.1, 0.15) is 0 Å². The van der Waals surface area contributed by atoms with E-state index in [1.807, 2.05) is 11.8 Å². The molecule has 1 fully saturated rings. The van der Waals surface area contributed by atoms with Crippen LogP contribution in [0.1, 0.15) is 34.1 Å². The van der Waals surface area contributed by atoms with Gasteiger partial charge in [-0.1, -0.05) is 6.92 Å². The van der Waals surface area contributed by atoms with Gasteiger partial charge in [0, 0.05) is 25.6 Å². The Labute approximate surface area is 87.1 Å². The summed E-state index contributed by atoms with van der Waals surface area (Å²) in [5, 5.41) is 0. The topological polar surface area (TPSA) is 23.6 Å². The Balaban J connectivity index is 2.85. The van der Waals surface area contributed by atoms with Gasteiger partial charge < -0.3 is 9.80 Å². The van der Waals surface area contributed by atoms with E-state index in [0.29, 0.717) is 12.5 Å². The van der Waals surface area contributed by atoms with E-state index in [2.05, 4.69) is 32.7 Å². The summed E-state index contributed by atoms with van der Waals surface area (Å²) in [5.74, 6) is 0.274. The van der Waals surface area contributed by atoms with E-state index >= 15 is 0 Å². The summed E-state index contributed by atoms with van der Waals surface area (Å²) >= 11 is 0. The molecule has 0 saturated carbocycles. The molecular formula is C11H22N2O. The molecular weight excluding hydrogens is 176 g/mol. The van der Waals surface area contributed by atoms with Crippen molar-refractivity contribution in [3.63, 3.8) is 0 Å². The van der Waals surface area contributed by atoms with E-state index in [0.717, 1.165) is 13.1 Å². The Morgan fingerprint density at radius 1 is 1.50 bits per heavy atom. The third-order valence-electron chi connectivity index (χ3n) is 2.90. The highest BCUT2D eigenvalue weighted by Gasteiger charge is 2.38. The summed E-state index contributed by atoms with van der Waals surface area (Å²) in [7, 11) is 2.12. The largest absolute Gasteiger partial charge is 0.332 e. The lowest BCUT2D eigenvalue weighted by Gasteiger charge is -2.50. The van der Waals surface area contributed by atoms with Gasteiger partial charge in [-0.25, -0.2) is 0 Å². The predicted octanol–water partition coefficient (Wildman–Crippen LogP) is 1.34. The zero-order valence-electron chi connectivity index (χ0n) is 10.0. The van der Waals surface area contributed by atoms with Crippen LogP contribution in [0.3, 0.4) is 0 Å². The molecule has 3 heteroatoms. The van der Waals surface area contributed by atoms with Crippen molar-refractivity contribution in [3.8, 4) is 0 Å². The van der Waals surface area contributed by atoms with E-state index in [-0.39, 0.29) is 11.4 Å². The number of hydrogen-bond donors (Lipinski definition) is 0. The molecule has 1 atom stereocenters. The monoisotopic (exact) mass is 198 g/mol. The van der Waals surface area contributed by atoms with Gasteiger partial charge in [-0.15, -0.1) is 0 Å². The van der Waals surface area contributed by atoms with Crippen molar-refractivity contribution in [2.24, 2.45) is 0 Å². The number of carbonyl (C=O) groups is 1. The van der Waals surface area contributed by atoms with Crippen molar-refractivity contribution in [2.45, 2.75) is 45.7 Å². The summed E-state index contributed by atoms with van der Waals surface area (Å²) in [4.78, 5) is 16.2. The third-order valence-corrected chi connectivity index (χ3v) is 2.90. The molecule has 1 amide bonds. The molecule has 1 rings (SSSR count). The lowest BCUT2D eigenvalue weighted by atomic mass is 9.95. The second-order valence-corrected chi connectivity index (χ2v) is 4.98. The van der Waals surface area contributed by atoms with Crippen molar-refractivity contribution in [2.75, 3.05) is 20.1 Å². The first-order chi connectivity index (χ1) is 6.38. The van der Waals surface area contributed by atoms with Crippen LogP contribution in [0.5, 0.6) is 0 Å². The molecule has 1 unspecified atom stereocenters. The van der Waals surface area contributed by atoms with E-state index in [4.69, 9.17) is 0 Å². The fourth-order valence-electron chi connectivity index (χ4n) is 2.68. The molecule has 14 heavy (non-hydrogen) atoms. The van der Waals surface area contributed by atoms with Gasteiger partial charge in [0.05, 0.1) is 5.54 Å². The van der Waals surface area contributed by atoms with E-state index in [1.54, 1.807) is 0 Å². The Morgan fingerprint density at radius 3 is 2.50 bits per heavy atom. The highest BCUT2D eigenvalue weighted by atomic mass is 16.2. The van der Waals surface area contributed by atoms with Crippen LogP contribution in [0.25, 0.3) is 0 Å². The first-order valence-corrected chi connectivity index (χ1v) is 5.39. The highest BCUT2D eigenvalue weighted by molar-refractivity contribution is 5.77. The maximum absolute atomic E-state index is 11.8. The number of carbonyl (C=O) groups excluding carboxylic acids is 1. The number of rotatable bonds is 1. The molecule has 3 nitrogen and oxygen atoms in total. The van der Waals surface area contributed by atoms with Crippen molar-refractivity contribution < 1.29 is 4.79 Å². The van der Waals surface area contributed by atoms with Gasteiger partial charge in [-0.3, -0.25) is 4.79 Å². The van der Waals surface area contributed by atoms with Gasteiger partial charge in [0.15, 0.2) is 0 Å². The molecule has 0 aliphatic carbocycles. The summed E-state index contributed by atoms with van der Waals surface area (Å²) in [6.45, 7) is 10.3. The van der Waals surface area contributed by atoms with Crippen LogP contribution in [0.4, 0.5) is 0 Å². The average Bonchev–Trinajstić information content (AvgIpc) is 1.99. The number of hydrogen-bond acceptors (Lipinski definition) is 2. The van der Waals surface area contributed by atoms with Crippen LogP contribution >= 0.6 is 0 Å². The minimum atomic E-state index is -0.0283. The minimum absolute atomic E-state index is 0.0283. The maximum atomic E-state index is 11.8. The summed E-state index contributed by atoms with van der Waals surface area (Å²) < 4.78 is 0. The van der Waals surface area contributed by atoms with Gasteiger partial charge >= 0.3 is 0 Å². The quantitative estimate of drug-likeness (QED) is 0.635. The van der Waals surface area contributed by atoms with Gasteiger partial charge in [0.25, 0.3) is 0 Å². The number of likely N-dealkylation sites (N-methyl/N-ethyl adjacent to an activating group) is 1. The maximum Gasteiger partial charge on any atom is 0.223 e. The van der Waals surface area contributed by atoms with Gasteiger partial charge in [-0.2, -0.15) is 0 Å². The van der Waals surface area contributed by atoms with Crippen molar-refractivity contribution in [1.82, 2.24) is 9.80 Å². The standard InChI is InChI=1S/C11H22N2O/c1-6-10(14)13-9(2)7-12(5)8-11(13,3)4/h9H,6-8H2,1-5H3. The van der Waals surface area contributed by atoms with Crippen molar-refractivity contribution in [3.05, 3.63) is 0 Å². The molecule has 0 radical (unpaired) electrons. The van der Waals surface area contributed by atoms with Crippen LogP contribution in [-0.4, -0.2) is 47.4 Å². The minimum Gasteiger partial charge on any atom is -0.332 e. The average molecular weight is 198 g/mol. The molecule has 0 spiro atoms. The first-order valence-electron chi connectivity index (χ1n) is 5.39. The zero-order chi connectivity index (χ0) is 10.9. The molecule has 1 saturated heterocycles. The Hall–Kier alpha value is -0.570. The molecule has 82 valence electrons. The van der Waals surface area contributed by atoms with Crippen molar-refractivity contribution >= 4 is 5.91 Å². The fourth-order valence-corrected chi connectivity index (χ4v) is 2.68. The van der Waals surface area contributed by atoms with E-state index in [1.165, 1.54) is 0 Å². The third kappa shape index (κ3) is 2.08. The smallest absolute Gasteiger partial charge is 0.223 e. The summed E-state index contributed by atoms with van der Waals surface area (Å²) in [5.41, 5.74) is -0.0283. The normalized spacial score (nSPS) is 27.8. The van der Waals surface area contributed by atoms with Gasteiger partial charge in [-0.05, 0) is 27.8 Å². The summed E-state index contributed by atoms with van der Waals surface area (Å²) in [6, 6.07) is 0.330. The second-order valence-electron chi connectivity index (χ2n) is 4.98. The van der Waals surface area contributed by atoms with Crippen LogP contribution in [-0.2, 0) is 4.79 Å². The second kappa shape index (κ2) is 3.89. The van der Waals surface area contributed by atoms with Gasteiger partial charge in [0.2, 0.25) is 5.91 Å². The molecule has 0 aromatic rings. The lowest BCUT2D eigenvalue weighted by molar-refractivity contribution is -0.144. The predicted molar refractivity (Wildman–Crippen MR) is 58.2 cm³/mol. The van der Waals surface area contributed by atoms with E-state index in [9.17, 15) is 4.79 Å². The fraction of sp³-hybridized carbons (Fsp3) is 0.909. The SMILES string of the molecule is CCC(=O)N1C(C)CN(C)CC1(C)C. The Kier molecular flexibility index (Phi) is 3.20. The number of amides is 1. The molecule has 1 heterocycles. The molecule has 0 aromatic heterocycles.